The van der Waals surface area contributed by atoms with Gasteiger partial charge in [0.05, 0.1) is 17.8 Å². The van der Waals surface area contributed by atoms with E-state index in [1.54, 1.807) is 46.3 Å². The number of aryl methyl sites for hydroxylation is 2. The summed E-state index contributed by atoms with van der Waals surface area (Å²) in [5.74, 6) is -4.10. The Morgan fingerprint density at radius 1 is 1.21 bits per heavy atom. The SMILES string of the molecule is CC[C@@H](CC(=O)N1C(=O)[C@H](Cc2cc(C)nc(N)c2)[C@H]1C(=O)N(C)c1cnn(C)c1)c1ccc(F)cc1F. The van der Waals surface area contributed by atoms with Gasteiger partial charge < -0.3 is 10.6 Å². The summed E-state index contributed by atoms with van der Waals surface area (Å²) in [5, 5.41) is 4.09. The highest BCUT2D eigenvalue weighted by Crippen LogP contribution is 2.36. The number of nitrogen functional groups attached to an aromatic ring is 1. The van der Waals surface area contributed by atoms with Crippen molar-refractivity contribution in [3.63, 3.8) is 0 Å². The fourth-order valence-corrected chi connectivity index (χ4v) is 4.97. The number of nitrogens with two attached hydrogens (primary N) is 1. The molecule has 2 N–H and O–H groups in total. The van der Waals surface area contributed by atoms with E-state index in [2.05, 4.69) is 10.1 Å². The van der Waals surface area contributed by atoms with Crippen LogP contribution in [-0.2, 0) is 27.9 Å². The fourth-order valence-electron chi connectivity index (χ4n) is 4.97. The maximum Gasteiger partial charge on any atom is 0.250 e. The van der Waals surface area contributed by atoms with Gasteiger partial charge in [0, 0.05) is 38.5 Å². The number of hydrogen-bond donors (Lipinski definition) is 1. The van der Waals surface area contributed by atoms with Crippen molar-refractivity contribution in [1.29, 1.82) is 0 Å². The lowest BCUT2D eigenvalue weighted by molar-refractivity contribution is -0.170. The molecule has 1 aliphatic rings. The van der Waals surface area contributed by atoms with Gasteiger partial charge in [-0.05, 0) is 55.0 Å². The van der Waals surface area contributed by atoms with Gasteiger partial charge in [-0.15, -0.1) is 0 Å². The summed E-state index contributed by atoms with van der Waals surface area (Å²) in [7, 11) is 3.27. The van der Waals surface area contributed by atoms with E-state index < -0.39 is 47.2 Å². The predicted molar refractivity (Wildman–Crippen MR) is 137 cm³/mol. The number of nitrogens with zero attached hydrogens (tertiary/aromatic N) is 5. The molecule has 0 aliphatic carbocycles. The van der Waals surface area contributed by atoms with Gasteiger partial charge in [0.15, 0.2) is 0 Å². The number of carbonyl (C=O) groups excluding carboxylic acids is 3. The lowest BCUT2D eigenvalue weighted by atomic mass is 9.80. The van der Waals surface area contributed by atoms with E-state index in [1.807, 2.05) is 0 Å². The minimum atomic E-state index is -1.06. The lowest BCUT2D eigenvalue weighted by Crippen LogP contribution is -2.69. The minimum Gasteiger partial charge on any atom is -0.384 e. The topological polar surface area (TPSA) is 114 Å². The quantitative estimate of drug-likeness (QED) is 0.453. The normalized spacial score (nSPS) is 17.7. The average Bonchev–Trinajstić information content (AvgIpc) is 3.29. The molecular weight excluding hydrogens is 494 g/mol. The molecule has 1 aliphatic heterocycles. The molecule has 0 saturated carbocycles. The van der Waals surface area contributed by atoms with Gasteiger partial charge in [0.2, 0.25) is 11.8 Å². The zero-order chi connectivity index (χ0) is 27.7. The molecule has 4 rings (SSSR count). The van der Waals surface area contributed by atoms with Crippen LogP contribution < -0.4 is 10.6 Å². The fraction of sp³-hybridized carbons (Fsp3) is 0.370. The highest BCUT2D eigenvalue weighted by Gasteiger charge is 2.55. The molecule has 1 aromatic carbocycles. The van der Waals surface area contributed by atoms with Crippen LogP contribution in [0.15, 0.2) is 42.7 Å². The third-order valence-corrected chi connectivity index (χ3v) is 6.95. The summed E-state index contributed by atoms with van der Waals surface area (Å²) in [6, 6.07) is 5.57. The van der Waals surface area contributed by atoms with Gasteiger partial charge in [-0.3, -0.25) is 24.0 Å². The van der Waals surface area contributed by atoms with Gasteiger partial charge >= 0.3 is 0 Å². The molecule has 1 fully saturated rings. The van der Waals surface area contributed by atoms with Crippen molar-refractivity contribution in [2.24, 2.45) is 13.0 Å². The van der Waals surface area contributed by atoms with Gasteiger partial charge in [-0.2, -0.15) is 5.10 Å². The Bertz CT molecular complexity index is 1370. The van der Waals surface area contributed by atoms with Gasteiger partial charge in [-0.1, -0.05) is 13.0 Å². The standard InChI is InChI=1S/C27H30F2N6O3/c1-5-17(20-7-6-18(28)12-22(20)29)11-24(36)35-25(27(38)34(4)19-13-31-33(3)14-19)21(26(35)37)9-16-8-15(2)32-23(30)10-16/h6-8,10,12-14,17,21,25H,5,9,11H2,1-4H3,(H2,30,32)/t17-,21+,25-/m0/s1. The number of likely N-dealkylation sites (tertiary alicyclic amines) is 1. The number of benzene rings is 1. The molecule has 2 aromatic heterocycles. The summed E-state index contributed by atoms with van der Waals surface area (Å²) in [5.41, 5.74) is 7.96. The molecule has 3 amide bonds. The Labute approximate surface area is 219 Å². The summed E-state index contributed by atoms with van der Waals surface area (Å²) in [6.07, 6.45) is 3.52. The molecule has 0 bridgehead atoms. The third kappa shape index (κ3) is 5.27. The summed E-state index contributed by atoms with van der Waals surface area (Å²) >= 11 is 0. The maximum absolute atomic E-state index is 14.5. The van der Waals surface area contributed by atoms with Gasteiger partial charge in [-0.25, -0.2) is 13.8 Å². The van der Waals surface area contributed by atoms with E-state index in [4.69, 9.17) is 5.73 Å². The number of carbonyl (C=O) groups is 3. The molecule has 9 nitrogen and oxygen atoms in total. The van der Waals surface area contributed by atoms with Crippen molar-refractivity contribution < 1.29 is 23.2 Å². The maximum atomic E-state index is 14.5. The van der Waals surface area contributed by atoms with E-state index in [0.717, 1.165) is 22.6 Å². The molecular formula is C27H30F2N6O3. The first kappa shape index (κ1) is 26.9. The summed E-state index contributed by atoms with van der Waals surface area (Å²) in [4.78, 5) is 46.9. The monoisotopic (exact) mass is 524 g/mol. The first-order valence-electron chi connectivity index (χ1n) is 12.3. The molecule has 11 heteroatoms. The van der Waals surface area contributed by atoms with E-state index in [1.165, 1.54) is 21.8 Å². The first-order chi connectivity index (χ1) is 18.0. The number of pyridine rings is 1. The van der Waals surface area contributed by atoms with Gasteiger partial charge in [0.1, 0.15) is 23.5 Å². The van der Waals surface area contributed by atoms with Crippen molar-refractivity contribution >= 4 is 29.2 Å². The van der Waals surface area contributed by atoms with E-state index >= 15 is 0 Å². The molecule has 3 aromatic rings. The van der Waals surface area contributed by atoms with Crippen molar-refractivity contribution in [1.82, 2.24) is 19.7 Å². The molecule has 0 unspecified atom stereocenters. The van der Waals surface area contributed by atoms with Crippen molar-refractivity contribution in [3.05, 3.63) is 71.2 Å². The number of hydrogen-bond acceptors (Lipinski definition) is 6. The number of anilines is 2. The Hall–Kier alpha value is -4.15. The third-order valence-electron chi connectivity index (χ3n) is 6.95. The van der Waals surface area contributed by atoms with Crippen LogP contribution in [0.4, 0.5) is 20.3 Å². The van der Waals surface area contributed by atoms with Crippen LogP contribution in [0.2, 0.25) is 0 Å². The Morgan fingerprint density at radius 3 is 2.55 bits per heavy atom. The van der Waals surface area contributed by atoms with Crippen molar-refractivity contribution in [2.45, 2.75) is 45.1 Å². The van der Waals surface area contributed by atoms with Crippen LogP contribution in [0, 0.1) is 24.5 Å². The Kier molecular flexibility index (Phi) is 7.56. The average molecular weight is 525 g/mol. The van der Waals surface area contributed by atoms with E-state index in [9.17, 15) is 23.2 Å². The van der Waals surface area contributed by atoms with Crippen LogP contribution in [0.25, 0.3) is 0 Å². The van der Waals surface area contributed by atoms with E-state index in [0.29, 0.717) is 23.6 Å². The largest absolute Gasteiger partial charge is 0.384 e. The van der Waals surface area contributed by atoms with Crippen LogP contribution in [0.3, 0.4) is 0 Å². The van der Waals surface area contributed by atoms with E-state index in [-0.39, 0.29) is 18.4 Å². The highest BCUT2D eigenvalue weighted by atomic mass is 19.1. The molecule has 0 radical (unpaired) electrons. The van der Waals surface area contributed by atoms with Crippen LogP contribution >= 0.6 is 0 Å². The number of β-lactam (4-membered cyclic amide) rings is 1. The zero-order valence-electron chi connectivity index (χ0n) is 21.7. The number of aromatic nitrogens is 3. The lowest BCUT2D eigenvalue weighted by Gasteiger charge is -2.46. The zero-order valence-corrected chi connectivity index (χ0v) is 21.7. The number of halogens is 2. The second-order valence-electron chi connectivity index (χ2n) is 9.64. The highest BCUT2D eigenvalue weighted by molar-refractivity contribution is 6.12. The Balaban J connectivity index is 1.62. The molecule has 1 saturated heterocycles. The molecule has 38 heavy (non-hydrogen) atoms. The second kappa shape index (κ2) is 10.7. The smallest absolute Gasteiger partial charge is 0.250 e. The van der Waals surface area contributed by atoms with Gasteiger partial charge in [0.25, 0.3) is 5.91 Å². The van der Waals surface area contributed by atoms with Crippen LogP contribution in [-0.4, -0.2) is 50.5 Å². The van der Waals surface area contributed by atoms with Crippen molar-refractivity contribution in [3.8, 4) is 0 Å². The minimum absolute atomic E-state index is 0.185. The van der Waals surface area contributed by atoms with Crippen LogP contribution in [0.1, 0.15) is 42.5 Å². The van der Waals surface area contributed by atoms with Crippen LogP contribution in [0.5, 0.6) is 0 Å². The number of amides is 3. The second-order valence-corrected chi connectivity index (χ2v) is 9.64. The first-order valence-corrected chi connectivity index (χ1v) is 12.3. The molecule has 0 spiro atoms. The summed E-state index contributed by atoms with van der Waals surface area (Å²) in [6.45, 7) is 3.55. The molecule has 3 atom stereocenters. The molecule has 200 valence electrons. The number of likely N-dealkylation sites (N-methyl/N-ethyl adjacent to an activating group) is 1. The number of rotatable bonds is 8. The van der Waals surface area contributed by atoms with Crippen molar-refractivity contribution in [2.75, 3.05) is 17.7 Å². The number of imide groups is 1. The molecule has 3 heterocycles. The predicted octanol–water partition coefficient (Wildman–Crippen LogP) is 3.13. The summed E-state index contributed by atoms with van der Waals surface area (Å²) < 4.78 is 29.4. The Morgan fingerprint density at radius 2 is 1.95 bits per heavy atom.